The van der Waals surface area contributed by atoms with E-state index in [1.165, 1.54) is 24.3 Å². The number of alkyl halides is 3. The minimum atomic E-state index is -4.45. The van der Waals surface area contributed by atoms with Crippen LogP contribution in [-0.4, -0.2) is 29.6 Å². The van der Waals surface area contributed by atoms with Crippen LogP contribution in [0.15, 0.2) is 42.5 Å². The van der Waals surface area contributed by atoms with Crippen molar-refractivity contribution in [2.45, 2.75) is 18.9 Å². The smallest absolute Gasteiger partial charge is 0.416 e. The van der Waals surface area contributed by atoms with Crippen LogP contribution in [0.1, 0.15) is 21.5 Å². The number of amides is 2. The molecule has 0 saturated heterocycles. The molecular formula is C18H16F4N2O4. The van der Waals surface area contributed by atoms with Gasteiger partial charge in [-0.15, -0.1) is 0 Å². The van der Waals surface area contributed by atoms with Crippen LogP contribution in [0, 0.1) is 5.82 Å². The number of hydrogen-bond donors (Lipinski definition) is 3. The molecule has 6 nitrogen and oxygen atoms in total. The Labute approximate surface area is 156 Å². The average Bonchev–Trinajstić information content (AvgIpc) is 2.64. The number of nitrogens with one attached hydrogen (secondary N) is 1. The highest BCUT2D eigenvalue weighted by atomic mass is 19.4. The highest BCUT2D eigenvalue weighted by molar-refractivity contribution is 5.94. The second-order valence-corrected chi connectivity index (χ2v) is 5.76. The van der Waals surface area contributed by atoms with Crippen molar-refractivity contribution in [1.29, 1.82) is 0 Å². The molecule has 2 amide bonds. The number of ether oxygens (including phenoxy) is 1. The minimum absolute atomic E-state index is 0.0870. The lowest BCUT2D eigenvalue weighted by atomic mass is 10.1. The molecule has 28 heavy (non-hydrogen) atoms. The van der Waals surface area contributed by atoms with Crippen molar-refractivity contribution in [3.8, 4) is 5.75 Å². The Morgan fingerprint density at radius 3 is 2.32 bits per heavy atom. The summed E-state index contributed by atoms with van der Waals surface area (Å²) in [6, 6.07) is 7.52. The highest BCUT2D eigenvalue weighted by Gasteiger charge is 2.29. The summed E-state index contributed by atoms with van der Waals surface area (Å²) in [5, 5.41) is 11.4. The Bertz CT molecular complexity index is 854. The van der Waals surface area contributed by atoms with Gasteiger partial charge in [-0.05, 0) is 35.9 Å². The summed E-state index contributed by atoms with van der Waals surface area (Å²) in [4.78, 5) is 22.5. The number of hydrogen-bond acceptors (Lipinski definition) is 4. The molecule has 0 saturated carbocycles. The summed E-state index contributed by atoms with van der Waals surface area (Å²) in [5.74, 6) is -2.82. The van der Waals surface area contributed by atoms with E-state index in [4.69, 9.17) is 10.5 Å². The number of halogens is 4. The SMILES string of the molecule is NC(=O)C(O)CNC(=O)c1ccc(OCc2ccc(C(F)(F)F)cc2)c(F)c1. The molecule has 4 N–H and O–H groups in total. The number of benzene rings is 2. The molecule has 0 aliphatic carbocycles. The van der Waals surface area contributed by atoms with Crippen LogP contribution in [0.3, 0.4) is 0 Å². The number of aliphatic hydroxyl groups is 1. The third-order valence-electron chi connectivity index (χ3n) is 3.65. The summed E-state index contributed by atoms with van der Waals surface area (Å²) >= 11 is 0. The molecule has 0 radical (unpaired) electrons. The van der Waals surface area contributed by atoms with Gasteiger partial charge in [0.1, 0.15) is 12.7 Å². The van der Waals surface area contributed by atoms with Gasteiger partial charge in [-0.2, -0.15) is 13.2 Å². The van der Waals surface area contributed by atoms with Gasteiger partial charge in [0, 0.05) is 5.56 Å². The molecule has 2 aromatic rings. The van der Waals surface area contributed by atoms with Gasteiger partial charge in [0.15, 0.2) is 11.6 Å². The number of primary amides is 1. The van der Waals surface area contributed by atoms with E-state index in [1.807, 2.05) is 0 Å². The van der Waals surface area contributed by atoms with Crippen LogP contribution >= 0.6 is 0 Å². The topological polar surface area (TPSA) is 102 Å². The van der Waals surface area contributed by atoms with Crippen molar-refractivity contribution in [3.63, 3.8) is 0 Å². The molecule has 10 heteroatoms. The van der Waals surface area contributed by atoms with Gasteiger partial charge in [-0.25, -0.2) is 4.39 Å². The molecule has 0 aliphatic heterocycles. The molecule has 0 aliphatic rings. The van der Waals surface area contributed by atoms with E-state index in [-0.39, 0.29) is 17.9 Å². The zero-order valence-electron chi connectivity index (χ0n) is 14.3. The standard InChI is InChI=1S/C18H16F4N2O4/c19-13-7-11(17(27)24-8-14(25)16(23)26)3-6-15(13)28-9-10-1-4-12(5-2-10)18(20,21)22/h1-7,14,25H,8-9H2,(H2,23,26)(H,24,27). The average molecular weight is 400 g/mol. The van der Waals surface area contributed by atoms with E-state index in [1.54, 1.807) is 0 Å². The van der Waals surface area contributed by atoms with Gasteiger partial charge in [-0.1, -0.05) is 12.1 Å². The predicted octanol–water partition coefficient (Wildman–Crippen LogP) is 2.00. The molecular weight excluding hydrogens is 384 g/mol. The van der Waals surface area contributed by atoms with Gasteiger partial charge >= 0.3 is 6.18 Å². The lowest BCUT2D eigenvalue weighted by molar-refractivity contribution is -0.137. The number of carbonyl (C=O) groups is 2. The Hall–Kier alpha value is -3.14. The van der Waals surface area contributed by atoms with Gasteiger partial charge in [0.2, 0.25) is 5.91 Å². The maximum absolute atomic E-state index is 14.1. The summed E-state index contributed by atoms with van der Waals surface area (Å²) in [6.07, 6.45) is -6.02. The third-order valence-corrected chi connectivity index (χ3v) is 3.65. The molecule has 0 heterocycles. The van der Waals surface area contributed by atoms with Gasteiger partial charge in [-0.3, -0.25) is 9.59 Å². The van der Waals surface area contributed by atoms with Crippen molar-refractivity contribution in [3.05, 3.63) is 65.0 Å². The largest absolute Gasteiger partial charge is 0.486 e. The second-order valence-electron chi connectivity index (χ2n) is 5.76. The Balaban J connectivity index is 1.97. The molecule has 2 rings (SSSR count). The Morgan fingerprint density at radius 2 is 1.79 bits per heavy atom. The molecule has 1 atom stereocenters. The zero-order chi connectivity index (χ0) is 20.9. The number of nitrogens with two attached hydrogens (primary N) is 1. The van der Waals surface area contributed by atoms with Gasteiger partial charge in [0.05, 0.1) is 12.1 Å². The maximum Gasteiger partial charge on any atom is 0.416 e. The van der Waals surface area contributed by atoms with Gasteiger partial charge in [0.25, 0.3) is 5.91 Å². The monoisotopic (exact) mass is 400 g/mol. The lowest BCUT2D eigenvalue weighted by Crippen LogP contribution is -2.40. The van der Waals surface area contributed by atoms with Crippen molar-refractivity contribution < 1.29 is 37.0 Å². The summed E-state index contributed by atoms with van der Waals surface area (Å²) < 4.78 is 56.9. The van der Waals surface area contributed by atoms with E-state index < -0.39 is 42.0 Å². The van der Waals surface area contributed by atoms with Crippen LogP contribution in [0.4, 0.5) is 17.6 Å². The van der Waals surface area contributed by atoms with Crippen LogP contribution in [0.2, 0.25) is 0 Å². The first-order chi connectivity index (χ1) is 13.1. The minimum Gasteiger partial charge on any atom is -0.486 e. The van der Waals surface area contributed by atoms with Crippen molar-refractivity contribution in [1.82, 2.24) is 5.32 Å². The van der Waals surface area contributed by atoms with E-state index in [0.29, 0.717) is 5.56 Å². The third kappa shape index (κ3) is 5.68. The normalized spacial score (nSPS) is 12.3. The fraction of sp³-hybridized carbons (Fsp3) is 0.222. The number of carbonyl (C=O) groups excluding carboxylic acids is 2. The molecule has 2 aromatic carbocycles. The van der Waals surface area contributed by atoms with Crippen molar-refractivity contribution in [2.75, 3.05) is 6.54 Å². The predicted molar refractivity (Wildman–Crippen MR) is 89.7 cm³/mol. The molecule has 0 bridgehead atoms. The summed E-state index contributed by atoms with van der Waals surface area (Å²) in [5.41, 5.74) is 4.35. The highest BCUT2D eigenvalue weighted by Crippen LogP contribution is 2.29. The quantitative estimate of drug-likeness (QED) is 0.619. The first kappa shape index (κ1) is 21.2. The molecule has 150 valence electrons. The van der Waals surface area contributed by atoms with E-state index in [2.05, 4.69) is 5.32 Å². The summed E-state index contributed by atoms with van der Waals surface area (Å²) in [7, 11) is 0. The number of aliphatic hydroxyl groups excluding tert-OH is 1. The molecule has 0 aromatic heterocycles. The Kier molecular flexibility index (Phi) is 6.57. The lowest BCUT2D eigenvalue weighted by Gasteiger charge is -2.11. The molecule has 0 fully saturated rings. The van der Waals surface area contributed by atoms with E-state index in [9.17, 15) is 32.3 Å². The van der Waals surface area contributed by atoms with Crippen LogP contribution in [0.5, 0.6) is 5.75 Å². The molecule has 0 spiro atoms. The fourth-order valence-electron chi connectivity index (χ4n) is 2.10. The number of rotatable bonds is 7. The van der Waals surface area contributed by atoms with E-state index in [0.717, 1.165) is 18.2 Å². The summed E-state index contributed by atoms with van der Waals surface area (Å²) in [6.45, 7) is -0.604. The first-order valence-corrected chi connectivity index (χ1v) is 7.92. The Morgan fingerprint density at radius 1 is 1.14 bits per heavy atom. The second kappa shape index (κ2) is 8.70. The van der Waals surface area contributed by atoms with Crippen LogP contribution < -0.4 is 15.8 Å². The van der Waals surface area contributed by atoms with E-state index >= 15 is 0 Å². The zero-order valence-corrected chi connectivity index (χ0v) is 14.3. The first-order valence-electron chi connectivity index (χ1n) is 7.92. The fourth-order valence-corrected chi connectivity index (χ4v) is 2.10. The van der Waals surface area contributed by atoms with Gasteiger partial charge < -0.3 is 20.9 Å². The maximum atomic E-state index is 14.1. The molecule has 1 unspecified atom stereocenters. The van der Waals surface area contributed by atoms with Crippen molar-refractivity contribution >= 4 is 11.8 Å². The van der Waals surface area contributed by atoms with Crippen LogP contribution in [-0.2, 0) is 17.6 Å². The van der Waals surface area contributed by atoms with Crippen LogP contribution in [0.25, 0.3) is 0 Å². The van der Waals surface area contributed by atoms with Crippen molar-refractivity contribution in [2.24, 2.45) is 5.73 Å².